The first kappa shape index (κ1) is 44.0. The van der Waals surface area contributed by atoms with Crippen molar-refractivity contribution in [2.24, 2.45) is 10.8 Å². The lowest BCUT2D eigenvalue weighted by atomic mass is 9.76. The van der Waals surface area contributed by atoms with Gasteiger partial charge in [0.2, 0.25) is 0 Å². The predicted molar refractivity (Wildman–Crippen MR) is 257 cm³/mol. The summed E-state index contributed by atoms with van der Waals surface area (Å²) < 4.78 is 11.8. The van der Waals surface area contributed by atoms with Gasteiger partial charge in [-0.2, -0.15) is 0 Å². The largest absolute Gasteiger partial charge is 0.493 e. The topological polar surface area (TPSA) is 24.9 Å². The molecule has 1 aliphatic heterocycles. The van der Waals surface area contributed by atoms with Crippen molar-refractivity contribution in [2.75, 3.05) is 29.6 Å². The van der Waals surface area contributed by atoms with E-state index in [4.69, 9.17) is 9.47 Å². The molecule has 0 unspecified atom stereocenters. The molecule has 0 aliphatic carbocycles. The predicted octanol–water partition coefficient (Wildman–Crippen LogP) is 16.2. The maximum absolute atomic E-state index is 6.33. The number of hydrogen-bond acceptors (Lipinski definition) is 4. The Kier molecular flexibility index (Phi) is 15.8. The van der Waals surface area contributed by atoms with E-state index in [1.54, 1.807) is 0 Å². The fourth-order valence-electron chi connectivity index (χ4n) is 8.20. The zero-order chi connectivity index (χ0) is 42.2. The summed E-state index contributed by atoms with van der Waals surface area (Å²) >= 11 is 0. The van der Waals surface area contributed by atoms with Crippen molar-refractivity contribution < 1.29 is 9.47 Å². The first-order valence-electron chi connectivity index (χ1n) is 22.3. The van der Waals surface area contributed by atoms with Gasteiger partial charge < -0.3 is 19.3 Å². The van der Waals surface area contributed by atoms with Crippen LogP contribution >= 0.6 is 0 Å². The molecule has 1 aliphatic rings. The number of para-hydroxylation sites is 2. The molecule has 1 fully saturated rings. The van der Waals surface area contributed by atoms with Crippen LogP contribution in [0.15, 0.2) is 170 Å². The van der Waals surface area contributed by atoms with E-state index in [2.05, 4.69) is 203 Å². The van der Waals surface area contributed by atoms with E-state index in [-0.39, 0.29) is 5.41 Å². The van der Waals surface area contributed by atoms with Crippen LogP contribution in [0.1, 0.15) is 85.1 Å². The number of hydrogen-bond donors (Lipinski definition) is 0. The second-order valence-corrected chi connectivity index (χ2v) is 16.4. The molecule has 1 saturated heterocycles. The van der Waals surface area contributed by atoms with E-state index >= 15 is 0 Å². The molecule has 0 aromatic heterocycles. The zero-order valence-corrected chi connectivity index (χ0v) is 36.8. The average Bonchev–Trinajstić information content (AvgIpc) is 3.29. The minimum absolute atomic E-state index is 0.124. The third-order valence-corrected chi connectivity index (χ3v) is 12.7. The maximum atomic E-state index is 6.33. The summed E-state index contributed by atoms with van der Waals surface area (Å²) in [5.41, 5.74) is 10.9. The van der Waals surface area contributed by atoms with E-state index in [0.29, 0.717) is 12.0 Å². The third kappa shape index (κ3) is 11.0. The number of rotatable bonds is 19. The molecule has 7 rings (SSSR count). The van der Waals surface area contributed by atoms with Crippen molar-refractivity contribution in [3.63, 3.8) is 0 Å². The Morgan fingerprint density at radius 3 is 1.52 bits per heavy atom. The van der Waals surface area contributed by atoms with Crippen LogP contribution in [0, 0.1) is 10.8 Å². The van der Waals surface area contributed by atoms with E-state index in [1.165, 1.54) is 44.1 Å². The van der Waals surface area contributed by atoms with Gasteiger partial charge in [0.05, 0.1) is 25.2 Å². The van der Waals surface area contributed by atoms with Crippen LogP contribution in [-0.4, -0.2) is 19.8 Å². The van der Waals surface area contributed by atoms with Crippen molar-refractivity contribution >= 4 is 34.1 Å². The van der Waals surface area contributed by atoms with Gasteiger partial charge in [-0.25, -0.2) is 0 Å². The molecule has 0 atom stereocenters. The molecular formula is C56H66N2O2. The fourth-order valence-corrected chi connectivity index (χ4v) is 8.20. The average molecular weight is 799 g/mol. The Balaban J connectivity index is 0.000000483. The Morgan fingerprint density at radius 2 is 1.07 bits per heavy atom. The smallest absolute Gasteiger partial charge is 0.121 e. The highest BCUT2D eigenvalue weighted by Crippen LogP contribution is 2.40. The lowest BCUT2D eigenvalue weighted by Crippen LogP contribution is -2.46. The standard InChI is InChI=1S/C45H42N2O2.C11H24/c1-3-13-35-14-11-19-42(30-35)46(38-15-7-5-8-16-38)40-26-22-36(23-27-40)37-24-28-41(29-25-37)47(39-17-9-6-10-18-39)43-20-12-21-44(31-43)49-34-45(4-2)32-48-33-45;1-5-9-10-11(6-2,7-3)8-4/h3,5-12,14-31H,1,4,13,32-34H2,2H3;5-10H2,1-4H3. The molecule has 0 saturated carbocycles. The highest BCUT2D eigenvalue weighted by molar-refractivity contribution is 5.81. The minimum Gasteiger partial charge on any atom is -0.493 e. The summed E-state index contributed by atoms with van der Waals surface area (Å²) in [5.74, 6) is 0.867. The monoisotopic (exact) mass is 799 g/mol. The quantitative estimate of drug-likeness (QED) is 0.0762. The molecule has 0 amide bonds. The van der Waals surface area contributed by atoms with Gasteiger partial charge in [-0.05, 0) is 114 Å². The Labute approximate surface area is 361 Å². The minimum atomic E-state index is 0.124. The summed E-state index contributed by atoms with van der Waals surface area (Å²) in [7, 11) is 0. The highest BCUT2D eigenvalue weighted by atomic mass is 16.5. The van der Waals surface area contributed by atoms with Crippen molar-refractivity contribution in [1.29, 1.82) is 0 Å². The molecule has 4 nitrogen and oxygen atoms in total. The second kappa shape index (κ2) is 21.6. The van der Waals surface area contributed by atoms with Crippen molar-refractivity contribution in [3.05, 3.63) is 176 Å². The summed E-state index contributed by atoms with van der Waals surface area (Å²) in [5, 5.41) is 0. The molecule has 1 heterocycles. The van der Waals surface area contributed by atoms with Crippen LogP contribution in [0.5, 0.6) is 5.75 Å². The molecule has 4 heteroatoms. The zero-order valence-electron chi connectivity index (χ0n) is 36.8. The third-order valence-electron chi connectivity index (χ3n) is 12.7. The van der Waals surface area contributed by atoms with E-state index < -0.39 is 0 Å². The van der Waals surface area contributed by atoms with Crippen molar-refractivity contribution in [2.45, 2.75) is 86.0 Å². The summed E-state index contributed by atoms with van der Waals surface area (Å²) in [6.45, 7) is 17.6. The lowest BCUT2D eigenvalue weighted by Gasteiger charge is -2.40. The van der Waals surface area contributed by atoms with Crippen molar-refractivity contribution in [3.8, 4) is 16.9 Å². The molecule has 0 bridgehead atoms. The SMILES string of the molecule is C=CCc1cccc(N(c2ccccc2)c2ccc(-c3ccc(N(c4ccccc4)c4cccc(OCC5(CC)COC5)c4)cc3)cc2)c1.CCCCC(CC)(CC)CC. The number of nitrogens with zero attached hydrogens (tertiary/aromatic N) is 2. The van der Waals surface area contributed by atoms with Gasteiger partial charge in [0, 0.05) is 40.2 Å². The van der Waals surface area contributed by atoms with Gasteiger partial charge in [0.25, 0.3) is 0 Å². The Bertz CT molecular complexity index is 2160. The van der Waals surface area contributed by atoms with Crippen LogP contribution in [0.25, 0.3) is 11.1 Å². The number of unbranched alkanes of at least 4 members (excludes halogenated alkanes) is 1. The molecule has 6 aromatic rings. The lowest BCUT2D eigenvalue weighted by molar-refractivity contribution is -0.133. The number of ether oxygens (including phenoxy) is 2. The summed E-state index contributed by atoms with van der Waals surface area (Å²) in [4.78, 5) is 4.58. The second-order valence-electron chi connectivity index (χ2n) is 16.4. The molecule has 0 N–H and O–H groups in total. The van der Waals surface area contributed by atoms with Gasteiger partial charge >= 0.3 is 0 Å². The van der Waals surface area contributed by atoms with Crippen LogP contribution in [0.3, 0.4) is 0 Å². The highest BCUT2D eigenvalue weighted by Gasteiger charge is 2.37. The van der Waals surface area contributed by atoms with E-state index in [1.807, 2.05) is 12.1 Å². The van der Waals surface area contributed by atoms with Crippen LogP contribution < -0.4 is 14.5 Å². The van der Waals surface area contributed by atoms with E-state index in [9.17, 15) is 0 Å². The van der Waals surface area contributed by atoms with Crippen LogP contribution in [-0.2, 0) is 11.2 Å². The van der Waals surface area contributed by atoms with E-state index in [0.717, 1.165) is 77.1 Å². The Morgan fingerprint density at radius 1 is 0.583 bits per heavy atom. The van der Waals surface area contributed by atoms with Crippen molar-refractivity contribution in [1.82, 2.24) is 0 Å². The van der Waals surface area contributed by atoms with Gasteiger partial charge in [-0.1, -0.05) is 152 Å². The molecule has 0 spiro atoms. The van der Waals surface area contributed by atoms with Gasteiger partial charge in [0.15, 0.2) is 0 Å². The number of benzene rings is 6. The van der Waals surface area contributed by atoms with Gasteiger partial charge in [0.1, 0.15) is 5.75 Å². The van der Waals surface area contributed by atoms with Crippen LogP contribution in [0.4, 0.5) is 34.1 Å². The molecule has 60 heavy (non-hydrogen) atoms. The molecule has 312 valence electrons. The van der Waals surface area contributed by atoms with Gasteiger partial charge in [-0.15, -0.1) is 6.58 Å². The normalized spacial score (nSPS) is 13.0. The molecular weight excluding hydrogens is 733 g/mol. The summed E-state index contributed by atoms with van der Waals surface area (Å²) in [6.07, 6.45) is 12.1. The maximum Gasteiger partial charge on any atom is 0.121 e. The Hall–Kier alpha value is -5.58. The fraction of sp³-hybridized carbons (Fsp3) is 0.321. The summed E-state index contributed by atoms with van der Waals surface area (Å²) in [6, 6.07) is 55.7. The van der Waals surface area contributed by atoms with Gasteiger partial charge in [-0.3, -0.25) is 0 Å². The molecule has 0 radical (unpaired) electrons. The first-order valence-corrected chi connectivity index (χ1v) is 22.3. The molecule has 6 aromatic carbocycles. The first-order chi connectivity index (χ1) is 29.4. The number of allylic oxidation sites excluding steroid dienone is 1. The van der Waals surface area contributed by atoms with Crippen LogP contribution in [0.2, 0.25) is 0 Å². The number of anilines is 6.